The second-order valence-electron chi connectivity index (χ2n) is 8.40. The summed E-state index contributed by atoms with van der Waals surface area (Å²) in [4.78, 5) is 0. The molecule has 0 spiro atoms. The predicted octanol–water partition coefficient (Wildman–Crippen LogP) is 7.42. The van der Waals surface area contributed by atoms with Crippen molar-refractivity contribution in [3.05, 3.63) is 145 Å². The number of hydrogen-bond donors (Lipinski definition) is 0. The lowest BCUT2D eigenvalue weighted by Gasteiger charge is -2.25. The molecule has 0 saturated carbocycles. The minimum absolute atomic E-state index is 0.786. The van der Waals surface area contributed by atoms with Crippen molar-refractivity contribution in [2.24, 2.45) is 0 Å². The van der Waals surface area contributed by atoms with Crippen LogP contribution in [0.5, 0.6) is 0 Å². The lowest BCUT2D eigenvalue weighted by molar-refractivity contribution is 1.15. The first kappa shape index (κ1) is 24.5. The van der Waals surface area contributed by atoms with Crippen LogP contribution in [-0.2, 0) is 0 Å². The van der Waals surface area contributed by atoms with E-state index in [4.69, 9.17) is 0 Å². The molecule has 0 aliphatic carbocycles. The van der Waals surface area contributed by atoms with Gasteiger partial charge in [0, 0.05) is 5.57 Å². The Morgan fingerprint density at radius 1 is 0.657 bits per heavy atom. The molecule has 0 aromatic heterocycles. The molecule has 0 atom stereocenters. The van der Waals surface area contributed by atoms with E-state index >= 15 is 0 Å². The zero-order chi connectivity index (χ0) is 24.3. The second-order valence-corrected chi connectivity index (χ2v) is 11.9. The first-order valence-corrected chi connectivity index (χ1v) is 14.2. The van der Waals surface area contributed by atoms with Crippen LogP contribution in [0.2, 0.25) is 0 Å². The predicted molar refractivity (Wildman–Crippen MR) is 156 cm³/mol. The zero-order valence-electron chi connectivity index (χ0n) is 20.6. The molecule has 0 amide bonds. The summed E-state index contributed by atoms with van der Waals surface area (Å²) >= 11 is 0. The van der Waals surface area contributed by atoms with Crippen molar-refractivity contribution in [3.63, 3.8) is 0 Å². The Morgan fingerprint density at radius 3 is 1.49 bits per heavy atom. The van der Waals surface area contributed by atoms with Gasteiger partial charge >= 0.3 is 0 Å². The topological polar surface area (TPSA) is 0 Å². The van der Waals surface area contributed by atoms with Crippen molar-refractivity contribution >= 4 is 28.7 Å². The molecule has 0 saturated heterocycles. The average molecular weight is 472 g/mol. The largest absolute Gasteiger partial charge is 0.134 e. The Bertz CT molecular complexity index is 1230. The van der Waals surface area contributed by atoms with Gasteiger partial charge in [-0.3, -0.25) is 0 Å². The van der Waals surface area contributed by atoms with E-state index in [1.165, 1.54) is 27.1 Å². The van der Waals surface area contributed by atoms with Crippen LogP contribution in [0, 0.1) is 11.8 Å². The van der Waals surface area contributed by atoms with Gasteiger partial charge in [-0.25, -0.2) is 0 Å². The molecule has 0 nitrogen and oxygen atoms in total. The third-order valence-electron chi connectivity index (χ3n) is 6.25. The van der Waals surface area contributed by atoms with Gasteiger partial charge in [0.2, 0.25) is 0 Å². The molecule has 172 valence electrons. The molecule has 0 aliphatic heterocycles. The average Bonchev–Trinajstić information content (AvgIpc) is 2.94. The van der Waals surface area contributed by atoms with Crippen molar-refractivity contribution in [3.8, 4) is 11.8 Å². The SMILES string of the molecule is C/C=C/C(CC)=C(\C#CC[P+](c1ccccc1)(c1ccccc1)c1ccccc1)c1ccccc1. The fourth-order valence-electron chi connectivity index (χ4n) is 4.54. The fourth-order valence-corrected chi connectivity index (χ4v) is 8.34. The Hall–Kier alpha value is -3.65. The van der Waals surface area contributed by atoms with Crippen LogP contribution < -0.4 is 15.9 Å². The van der Waals surface area contributed by atoms with Crippen LogP contribution in [0.25, 0.3) is 5.57 Å². The van der Waals surface area contributed by atoms with Crippen molar-refractivity contribution < 1.29 is 0 Å². The summed E-state index contributed by atoms with van der Waals surface area (Å²) < 4.78 is 0. The van der Waals surface area contributed by atoms with E-state index in [1.54, 1.807) is 0 Å². The summed E-state index contributed by atoms with van der Waals surface area (Å²) in [6.07, 6.45) is 6.04. The Balaban J connectivity index is 1.91. The van der Waals surface area contributed by atoms with Gasteiger partial charge in [-0.2, -0.15) is 0 Å². The van der Waals surface area contributed by atoms with Crippen LogP contribution >= 0.6 is 7.26 Å². The molecule has 0 bridgehead atoms. The summed E-state index contributed by atoms with van der Waals surface area (Å²) in [6.45, 7) is 4.28. The molecule has 0 radical (unpaired) electrons. The van der Waals surface area contributed by atoms with Crippen LogP contribution in [0.15, 0.2) is 139 Å². The molecule has 4 rings (SSSR count). The fraction of sp³-hybridized carbons (Fsp3) is 0.118. The number of rotatable bonds is 7. The van der Waals surface area contributed by atoms with Crippen LogP contribution in [0.4, 0.5) is 0 Å². The standard InChI is InChI=1S/C34H32P/c1-3-18-29(4-2)34(30-19-9-5-10-20-30)27-17-28-35(31-21-11-6-12-22-31,32-23-13-7-14-24-32)33-25-15-8-16-26-33/h3,5-16,18-26H,4,28H2,1-2H3/q+1/b18-3+,34-29+. The summed E-state index contributed by atoms with van der Waals surface area (Å²) in [5, 5.41) is 4.09. The molecule has 0 unspecified atom stereocenters. The minimum atomic E-state index is -1.97. The first-order valence-electron chi connectivity index (χ1n) is 12.2. The molecular formula is C34H32P+. The van der Waals surface area contributed by atoms with Crippen LogP contribution in [-0.4, -0.2) is 6.16 Å². The van der Waals surface area contributed by atoms with Crippen molar-refractivity contribution in [1.29, 1.82) is 0 Å². The molecule has 4 aromatic carbocycles. The highest BCUT2D eigenvalue weighted by Crippen LogP contribution is 2.54. The van der Waals surface area contributed by atoms with Crippen LogP contribution in [0.3, 0.4) is 0 Å². The quantitative estimate of drug-likeness (QED) is 0.149. The summed E-state index contributed by atoms with van der Waals surface area (Å²) in [7, 11) is -1.97. The van der Waals surface area contributed by atoms with Gasteiger partial charge in [0.25, 0.3) is 0 Å². The van der Waals surface area contributed by atoms with E-state index < -0.39 is 7.26 Å². The van der Waals surface area contributed by atoms with Crippen molar-refractivity contribution in [2.75, 3.05) is 6.16 Å². The van der Waals surface area contributed by atoms with Gasteiger partial charge in [0.1, 0.15) is 29.3 Å². The van der Waals surface area contributed by atoms with E-state index in [0.29, 0.717) is 0 Å². The second kappa shape index (κ2) is 12.2. The Kier molecular flexibility index (Phi) is 8.51. The third kappa shape index (κ3) is 5.54. The van der Waals surface area contributed by atoms with Crippen molar-refractivity contribution in [2.45, 2.75) is 20.3 Å². The molecule has 1 heteroatoms. The molecular weight excluding hydrogens is 439 g/mol. The Labute approximate surface area is 211 Å². The zero-order valence-corrected chi connectivity index (χ0v) is 21.5. The van der Waals surface area contributed by atoms with E-state index in [2.05, 4.69) is 159 Å². The summed E-state index contributed by atoms with van der Waals surface area (Å²) in [5.41, 5.74) is 3.57. The van der Waals surface area contributed by atoms with E-state index in [0.717, 1.165) is 18.2 Å². The smallest absolute Gasteiger partial charge is 0.0873 e. The Morgan fingerprint density at radius 2 is 1.09 bits per heavy atom. The van der Waals surface area contributed by atoms with Crippen molar-refractivity contribution in [1.82, 2.24) is 0 Å². The van der Waals surface area contributed by atoms with Crippen LogP contribution in [0.1, 0.15) is 25.8 Å². The van der Waals surface area contributed by atoms with Gasteiger partial charge < -0.3 is 0 Å². The maximum absolute atomic E-state index is 3.70. The van der Waals surface area contributed by atoms with E-state index in [-0.39, 0.29) is 0 Å². The molecule has 0 N–H and O–H groups in total. The van der Waals surface area contributed by atoms with Gasteiger partial charge in [-0.05, 0) is 60.9 Å². The highest BCUT2D eigenvalue weighted by molar-refractivity contribution is 7.95. The highest BCUT2D eigenvalue weighted by atomic mass is 31.2. The number of benzene rings is 4. The number of hydrogen-bond acceptors (Lipinski definition) is 0. The highest BCUT2D eigenvalue weighted by Gasteiger charge is 2.44. The third-order valence-corrected chi connectivity index (χ3v) is 10.4. The maximum atomic E-state index is 3.70. The number of allylic oxidation sites excluding steroid dienone is 4. The molecule has 0 aliphatic rings. The first-order chi connectivity index (χ1) is 17.3. The van der Waals surface area contributed by atoms with Gasteiger partial charge in [0.05, 0.1) is 0 Å². The molecule has 4 aromatic rings. The normalized spacial score (nSPS) is 12.1. The minimum Gasteiger partial charge on any atom is -0.0873 e. The van der Waals surface area contributed by atoms with E-state index in [1.807, 2.05) is 0 Å². The molecule has 35 heavy (non-hydrogen) atoms. The monoisotopic (exact) mass is 471 g/mol. The lowest BCUT2D eigenvalue weighted by atomic mass is 9.98. The van der Waals surface area contributed by atoms with E-state index in [9.17, 15) is 0 Å². The lowest BCUT2D eigenvalue weighted by Crippen LogP contribution is -2.33. The summed E-state index contributed by atoms with van der Waals surface area (Å²) in [6, 6.07) is 43.5. The van der Waals surface area contributed by atoms with Gasteiger partial charge in [0.15, 0.2) is 0 Å². The molecule has 0 fully saturated rings. The van der Waals surface area contributed by atoms with Gasteiger partial charge in [-0.1, -0.05) is 116 Å². The molecule has 0 heterocycles. The van der Waals surface area contributed by atoms with Gasteiger partial charge in [-0.15, -0.1) is 0 Å². The maximum Gasteiger partial charge on any atom is 0.134 e. The summed E-state index contributed by atoms with van der Waals surface area (Å²) in [5.74, 6) is 7.34.